The summed E-state index contributed by atoms with van der Waals surface area (Å²) in [6, 6.07) is 10.5. The van der Waals surface area contributed by atoms with E-state index in [9.17, 15) is 13.6 Å². The Kier molecular flexibility index (Phi) is 6.11. The zero-order chi connectivity index (χ0) is 19.2. The van der Waals surface area contributed by atoms with Crippen molar-refractivity contribution in [2.45, 2.75) is 18.9 Å². The van der Waals surface area contributed by atoms with Crippen LogP contribution < -0.4 is 14.2 Å². The molecule has 0 saturated carbocycles. The van der Waals surface area contributed by atoms with Gasteiger partial charge in [-0.2, -0.15) is 0 Å². The van der Waals surface area contributed by atoms with Gasteiger partial charge in [0, 0.05) is 38.1 Å². The number of nitrogens with zero attached hydrogens (tertiary/aromatic N) is 1. The van der Waals surface area contributed by atoms with Crippen LogP contribution >= 0.6 is 0 Å². The number of amides is 1. The Hall–Kier alpha value is -2.83. The molecule has 144 valence electrons. The highest BCUT2D eigenvalue weighted by Crippen LogP contribution is 2.22. The SMILES string of the molecule is COc1cccc(OCC(=O)N2CCC(Oc3ccc(F)c(F)c3)CC2)c1. The fraction of sp³-hybridized carbons (Fsp3) is 0.350. The van der Waals surface area contributed by atoms with Crippen LogP contribution in [0.25, 0.3) is 0 Å². The summed E-state index contributed by atoms with van der Waals surface area (Å²) in [5, 5.41) is 0. The van der Waals surface area contributed by atoms with Crippen LogP contribution in [0.2, 0.25) is 0 Å². The molecule has 27 heavy (non-hydrogen) atoms. The van der Waals surface area contributed by atoms with Gasteiger partial charge >= 0.3 is 0 Å². The van der Waals surface area contributed by atoms with Crippen LogP contribution in [0.15, 0.2) is 42.5 Å². The first kappa shape index (κ1) is 18.9. The Morgan fingerprint density at radius 3 is 2.48 bits per heavy atom. The third-order valence-electron chi connectivity index (χ3n) is 4.39. The topological polar surface area (TPSA) is 48.0 Å². The lowest BCUT2D eigenvalue weighted by atomic mass is 10.1. The van der Waals surface area contributed by atoms with E-state index in [4.69, 9.17) is 14.2 Å². The van der Waals surface area contributed by atoms with Crippen LogP contribution in [0, 0.1) is 11.6 Å². The number of benzene rings is 2. The first-order valence-corrected chi connectivity index (χ1v) is 8.71. The van der Waals surface area contributed by atoms with Gasteiger partial charge in [0.15, 0.2) is 18.2 Å². The van der Waals surface area contributed by atoms with Crippen LogP contribution in [-0.4, -0.2) is 43.7 Å². The maximum Gasteiger partial charge on any atom is 0.260 e. The third-order valence-corrected chi connectivity index (χ3v) is 4.39. The molecule has 0 bridgehead atoms. The fourth-order valence-corrected chi connectivity index (χ4v) is 2.89. The molecule has 0 aliphatic carbocycles. The molecule has 3 rings (SSSR count). The second-order valence-electron chi connectivity index (χ2n) is 6.24. The van der Waals surface area contributed by atoms with Gasteiger partial charge in [0.1, 0.15) is 23.4 Å². The van der Waals surface area contributed by atoms with E-state index in [2.05, 4.69) is 0 Å². The van der Waals surface area contributed by atoms with Crippen molar-refractivity contribution >= 4 is 5.91 Å². The van der Waals surface area contributed by atoms with Crippen LogP contribution in [0.4, 0.5) is 8.78 Å². The molecule has 1 heterocycles. The van der Waals surface area contributed by atoms with E-state index < -0.39 is 11.6 Å². The molecule has 1 fully saturated rings. The van der Waals surface area contributed by atoms with E-state index in [1.807, 2.05) is 0 Å². The second kappa shape index (κ2) is 8.70. The molecular weight excluding hydrogens is 356 g/mol. The van der Waals surface area contributed by atoms with Gasteiger partial charge < -0.3 is 19.1 Å². The lowest BCUT2D eigenvalue weighted by Gasteiger charge is -2.32. The summed E-state index contributed by atoms with van der Waals surface area (Å²) in [5.74, 6) is -0.424. The number of ether oxygens (including phenoxy) is 3. The summed E-state index contributed by atoms with van der Waals surface area (Å²) in [6.45, 7) is 0.991. The molecule has 1 aliphatic heterocycles. The molecule has 0 N–H and O–H groups in total. The van der Waals surface area contributed by atoms with Crippen molar-refractivity contribution in [3.63, 3.8) is 0 Å². The van der Waals surface area contributed by atoms with Crippen LogP contribution in [-0.2, 0) is 4.79 Å². The largest absolute Gasteiger partial charge is 0.497 e. The summed E-state index contributed by atoms with van der Waals surface area (Å²) in [5.41, 5.74) is 0. The lowest BCUT2D eigenvalue weighted by Crippen LogP contribution is -2.43. The van der Waals surface area contributed by atoms with Gasteiger partial charge in [-0.15, -0.1) is 0 Å². The number of likely N-dealkylation sites (tertiary alicyclic amines) is 1. The first-order valence-electron chi connectivity index (χ1n) is 8.71. The first-order chi connectivity index (χ1) is 13.0. The minimum absolute atomic E-state index is 0.0537. The smallest absolute Gasteiger partial charge is 0.260 e. The molecule has 0 atom stereocenters. The lowest BCUT2D eigenvalue weighted by molar-refractivity contribution is -0.135. The Bertz CT molecular complexity index is 791. The minimum Gasteiger partial charge on any atom is -0.497 e. The van der Waals surface area contributed by atoms with E-state index in [0.29, 0.717) is 43.2 Å². The number of hydrogen-bond acceptors (Lipinski definition) is 4. The summed E-state index contributed by atoms with van der Waals surface area (Å²) < 4.78 is 42.5. The normalized spacial score (nSPS) is 14.7. The predicted molar refractivity (Wildman–Crippen MR) is 95.1 cm³/mol. The molecule has 5 nitrogen and oxygen atoms in total. The van der Waals surface area contributed by atoms with E-state index in [1.54, 1.807) is 36.3 Å². The Morgan fingerprint density at radius 2 is 1.78 bits per heavy atom. The average Bonchev–Trinajstić information content (AvgIpc) is 2.69. The monoisotopic (exact) mass is 377 g/mol. The number of hydrogen-bond donors (Lipinski definition) is 0. The molecule has 0 spiro atoms. The molecule has 0 radical (unpaired) electrons. The molecule has 0 aromatic heterocycles. The number of carbonyl (C=O) groups is 1. The number of methoxy groups -OCH3 is 1. The fourth-order valence-electron chi connectivity index (χ4n) is 2.89. The van der Waals surface area contributed by atoms with E-state index in [0.717, 1.165) is 12.1 Å². The van der Waals surface area contributed by atoms with Crippen molar-refractivity contribution in [1.82, 2.24) is 4.90 Å². The van der Waals surface area contributed by atoms with Crippen LogP contribution in [0.5, 0.6) is 17.2 Å². The predicted octanol–water partition coefficient (Wildman–Crippen LogP) is 3.42. The average molecular weight is 377 g/mol. The zero-order valence-corrected chi connectivity index (χ0v) is 15.0. The highest BCUT2D eigenvalue weighted by atomic mass is 19.2. The quantitative estimate of drug-likeness (QED) is 0.774. The van der Waals surface area contributed by atoms with Gasteiger partial charge in [0.05, 0.1) is 7.11 Å². The van der Waals surface area contributed by atoms with Crippen molar-refractivity contribution in [3.05, 3.63) is 54.1 Å². The maximum absolute atomic E-state index is 13.2. The highest BCUT2D eigenvalue weighted by molar-refractivity contribution is 5.77. The van der Waals surface area contributed by atoms with Crippen molar-refractivity contribution in [2.24, 2.45) is 0 Å². The second-order valence-corrected chi connectivity index (χ2v) is 6.24. The number of carbonyl (C=O) groups excluding carboxylic acids is 1. The van der Waals surface area contributed by atoms with Crippen molar-refractivity contribution in [2.75, 3.05) is 26.8 Å². The summed E-state index contributed by atoms with van der Waals surface area (Å²) in [7, 11) is 1.57. The molecule has 2 aromatic carbocycles. The summed E-state index contributed by atoms with van der Waals surface area (Å²) in [6.07, 6.45) is 1.09. The third kappa shape index (κ3) is 5.09. The summed E-state index contributed by atoms with van der Waals surface area (Å²) >= 11 is 0. The molecule has 2 aromatic rings. The van der Waals surface area contributed by atoms with Gasteiger partial charge in [0.2, 0.25) is 0 Å². The Balaban J connectivity index is 1.45. The van der Waals surface area contributed by atoms with Crippen LogP contribution in [0.1, 0.15) is 12.8 Å². The standard InChI is InChI=1S/C20H21F2NO4/c1-25-15-3-2-4-16(11-15)26-13-20(24)23-9-7-14(8-10-23)27-17-5-6-18(21)19(22)12-17/h2-6,11-12,14H,7-10,13H2,1H3. The molecule has 0 unspecified atom stereocenters. The summed E-state index contributed by atoms with van der Waals surface area (Å²) in [4.78, 5) is 14.0. The Morgan fingerprint density at radius 1 is 1.04 bits per heavy atom. The molecule has 1 aliphatic rings. The van der Waals surface area contributed by atoms with Crippen molar-refractivity contribution < 1.29 is 27.8 Å². The van der Waals surface area contributed by atoms with Gasteiger partial charge in [-0.1, -0.05) is 6.07 Å². The van der Waals surface area contributed by atoms with Gasteiger partial charge in [-0.25, -0.2) is 8.78 Å². The van der Waals surface area contributed by atoms with E-state index in [-0.39, 0.29) is 18.6 Å². The van der Waals surface area contributed by atoms with Crippen LogP contribution in [0.3, 0.4) is 0 Å². The van der Waals surface area contributed by atoms with Crippen molar-refractivity contribution in [3.8, 4) is 17.2 Å². The van der Waals surface area contributed by atoms with Crippen molar-refractivity contribution in [1.29, 1.82) is 0 Å². The van der Waals surface area contributed by atoms with Gasteiger partial charge in [-0.3, -0.25) is 4.79 Å². The molecule has 1 saturated heterocycles. The minimum atomic E-state index is -0.935. The molecule has 1 amide bonds. The highest BCUT2D eigenvalue weighted by Gasteiger charge is 2.24. The number of rotatable bonds is 6. The molecule has 7 heteroatoms. The van der Waals surface area contributed by atoms with Gasteiger partial charge in [-0.05, 0) is 24.3 Å². The maximum atomic E-state index is 13.2. The number of piperidine rings is 1. The van der Waals surface area contributed by atoms with E-state index in [1.165, 1.54) is 6.07 Å². The Labute approximate surface area is 156 Å². The zero-order valence-electron chi connectivity index (χ0n) is 15.0. The number of halogens is 2. The van der Waals surface area contributed by atoms with Gasteiger partial charge in [0.25, 0.3) is 5.91 Å². The van der Waals surface area contributed by atoms with E-state index >= 15 is 0 Å². The molecular formula is C20H21F2NO4.